The maximum atomic E-state index is 13.4. The minimum atomic E-state index is -1.02. The molecule has 176 valence electrons. The van der Waals surface area contributed by atoms with Gasteiger partial charge in [-0.1, -0.05) is 12.2 Å². The Hall–Kier alpha value is -3.61. The Balaban J connectivity index is 1.57. The summed E-state index contributed by atoms with van der Waals surface area (Å²) in [5.74, 6) is 0.671. The van der Waals surface area contributed by atoms with Gasteiger partial charge in [0.05, 0.1) is 18.4 Å². The van der Waals surface area contributed by atoms with Crippen LogP contribution in [0.1, 0.15) is 58.5 Å². The SMILES string of the molecule is COc1ccc(C2=NN(C(=O)c3ccc(C(=O)O)cc3)CC3CC=CCC23)c2c1OC(C)(C)C2. The number of aromatic carboxylic acids is 1. The minimum Gasteiger partial charge on any atom is -0.493 e. The third-order valence-corrected chi connectivity index (χ3v) is 6.87. The van der Waals surface area contributed by atoms with E-state index in [0.717, 1.165) is 41.9 Å². The molecule has 2 aromatic rings. The van der Waals surface area contributed by atoms with Gasteiger partial charge in [0.15, 0.2) is 11.5 Å². The van der Waals surface area contributed by atoms with Gasteiger partial charge in [-0.05, 0) is 69.0 Å². The Morgan fingerprint density at radius 3 is 2.50 bits per heavy atom. The van der Waals surface area contributed by atoms with E-state index in [0.29, 0.717) is 17.9 Å². The Morgan fingerprint density at radius 1 is 1.09 bits per heavy atom. The molecule has 0 aromatic heterocycles. The lowest BCUT2D eigenvalue weighted by Crippen LogP contribution is -2.43. The number of fused-ring (bicyclic) bond motifs is 2. The summed E-state index contributed by atoms with van der Waals surface area (Å²) in [5.41, 5.74) is 3.18. The van der Waals surface area contributed by atoms with Crippen LogP contribution in [0.3, 0.4) is 0 Å². The lowest BCUT2D eigenvalue weighted by atomic mass is 9.75. The molecule has 2 unspecified atom stereocenters. The average molecular weight is 461 g/mol. The summed E-state index contributed by atoms with van der Waals surface area (Å²) in [6.45, 7) is 4.64. The van der Waals surface area contributed by atoms with Gasteiger partial charge in [0.25, 0.3) is 5.91 Å². The first-order valence-corrected chi connectivity index (χ1v) is 11.6. The van der Waals surface area contributed by atoms with Crippen molar-refractivity contribution in [2.75, 3.05) is 13.7 Å². The zero-order valence-electron chi connectivity index (χ0n) is 19.6. The topological polar surface area (TPSA) is 88.4 Å². The molecule has 0 bridgehead atoms. The highest BCUT2D eigenvalue weighted by atomic mass is 16.5. The molecular weight excluding hydrogens is 432 g/mol. The Labute approximate surface area is 198 Å². The van der Waals surface area contributed by atoms with Crippen LogP contribution in [0.25, 0.3) is 0 Å². The second kappa shape index (κ2) is 8.31. The fourth-order valence-corrected chi connectivity index (χ4v) is 5.19. The molecule has 2 aliphatic heterocycles. The number of carboxylic acids is 1. The molecular formula is C27H28N2O5. The van der Waals surface area contributed by atoms with E-state index in [1.54, 1.807) is 24.3 Å². The number of rotatable bonds is 4. The number of ether oxygens (including phenoxy) is 2. The summed E-state index contributed by atoms with van der Waals surface area (Å²) < 4.78 is 11.8. The van der Waals surface area contributed by atoms with E-state index in [1.807, 2.05) is 12.1 Å². The van der Waals surface area contributed by atoms with Crippen molar-refractivity contribution in [3.8, 4) is 11.5 Å². The van der Waals surface area contributed by atoms with Crippen molar-refractivity contribution < 1.29 is 24.2 Å². The van der Waals surface area contributed by atoms with Gasteiger partial charge < -0.3 is 14.6 Å². The van der Waals surface area contributed by atoms with Gasteiger partial charge in [0, 0.05) is 35.6 Å². The fourth-order valence-electron chi connectivity index (χ4n) is 5.19. The van der Waals surface area contributed by atoms with E-state index < -0.39 is 5.97 Å². The van der Waals surface area contributed by atoms with Crippen LogP contribution in [-0.4, -0.2) is 47.0 Å². The number of benzene rings is 2. The van der Waals surface area contributed by atoms with E-state index >= 15 is 0 Å². The molecule has 7 heteroatoms. The molecule has 2 aromatic carbocycles. The summed E-state index contributed by atoms with van der Waals surface area (Å²) in [7, 11) is 1.64. The van der Waals surface area contributed by atoms with Crippen LogP contribution >= 0.6 is 0 Å². The van der Waals surface area contributed by atoms with Gasteiger partial charge in [-0.2, -0.15) is 5.10 Å². The summed E-state index contributed by atoms with van der Waals surface area (Å²) >= 11 is 0. The number of carbonyl (C=O) groups excluding carboxylic acids is 1. The maximum absolute atomic E-state index is 13.4. The highest BCUT2D eigenvalue weighted by Gasteiger charge is 2.40. The summed E-state index contributed by atoms with van der Waals surface area (Å²) in [4.78, 5) is 24.6. The Morgan fingerprint density at radius 2 is 1.79 bits per heavy atom. The van der Waals surface area contributed by atoms with Gasteiger partial charge in [-0.25, -0.2) is 9.80 Å². The predicted molar refractivity (Wildman–Crippen MR) is 128 cm³/mol. The molecule has 0 radical (unpaired) electrons. The number of nitrogens with zero attached hydrogens (tertiary/aromatic N) is 2. The quantitative estimate of drug-likeness (QED) is 0.677. The van der Waals surface area contributed by atoms with Gasteiger partial charge in [0.1, 0.15) is 5.60 Å². The lowest BCUT2D eigenvalue weighted by Gasteiger charge is -2.38. The minimum absolute atomic E-state index is 0.147. The van der Waals surface area contributed by atoms with Crippen molar-refractivity contribution in [2.45, 2.75) is 38.7 Å². The largest absolute Gasteiger partial charge is 0.493 e. The van der Waals surface area contributed by atoms with E-state index in [9.17, 15) is 9.59 Å². The molecule has 2 heterocycles. The fraction of sp³-hybridized carbons (Fsp3) is 0.370. The van der Waals surface area contributed by atoms with Crippen molar-refractivity contribution in [1.29, 1.82) is 0 Å². The van der Waals surface area contributed by atoms with Gasteiger partial charge >= 0.3 is 5.97 Å². The van der Waals surface area contributed by atoms with E-state index in [2.05, 4.69) is 26.0 Å². The standard InChI is InChI=1S/C27H28N2O5/c1-27(2)14-21-20(12-13-22(33-3)24(21)34-27)23-19-7-5-4-6-18(19)15-29(28-23)25(30)16-8-10-17(11-9-16)26(31)32/h4-5,8-13,18-19H,6-7,14-15H2,1-3H3,(H,31,32). The zero-order chi connectivity index (χ0) is 24.0. The van der Waals surface area contributed by atoms with Crippen molar-refractivity contribution in [2.24, 2.45) is 16.9 Å². The number of methoxy groups -OCH3 is 1. The number of carboxylic acid groups (broad SMARTS) is 1. The molecule has 0 spiro atoms. The highest BCUT2D eigenvalue weighted by molar-refractivity contribution is 6.06. The molecule has 7 nitrogen and oxygen atoms in total. The van der Waals surface area contributed by atoms with E-state index in [1.165, 1.54) is 12.1 Å². The summed E-state index contributed by atoms with van der Waals surface area (Å²) in [5, 5.41) is 15.6. The Kier molecular flexibility index (Phi) is 5.42. The maximum Gasteiger partial charge on any atom is 0.335 e. The average Bonchev–Trinajstić information content (AvgIpc) is 3.17. The molecule has 3 aliphatic rings. The third-order valence-electron chi connectivity index (χ3n) is 6.87. The smallest absolute Gasteiger partial charge is 0.335 e. The molecule has 0 saturated carbocycles. The number of hydrazone groups is 1. The molecule has 34 heavy (non-hydrogen) atoms. The zero-order valence-corrected chi connectivity index (χ0v) is 19.6. The van der Waals surface area contributed by atoms with Crippen molar-refractivity contribution in [3.63, 3.8) is 0 Å². The molecule has 0 saturated heterocycles. The summed E-state index contributed by atoms with van der Waals surface area (Å²) in [6.07, 6.45) is 6.86. The molecule has 1 N–H and O–H groups in total. The first kappa shape index (κ1) is 22.2. The van der Waals surface area contributed by atoms with Crippen LogP contribution in [0.4, 0.5) is 0 Å². The van der Waals surface area contributed by atoms with Gasteiger partial charge in [-0.3, -0.25) is 4.79 Å². The number of amides is 1. The lowest BCUT2D eigenvalue weighted by molar-refractivity contribution is 0.0684. The monoisotopic (exact) mass is 460 g/mol. The molecule has 1 aliphatic carbocycles. The number of allylic oxidation sites excluding steroid dienone is 2. The van der Waals surface area contributed by atoms with Gasteiger partial charge in [0.2, 0.25) is 0 Å². The van der Waals surface area contributed by atoms with E-state index in [4.69, 9.17) is 19.7 Å². The van der Waals surface area contributed by atoms with Crippen molar-refractivity contribution in [1.82, 2.24) is 5.01 Å². The van der Waals surface area contributed by atoms with Crippen LogP contribution < -0.4 is 9.47 Å². The molecule has 1 amide bonds. The molecule has 5 rings (SSSR count). The molecule has 2 atom stereocenters. The van der Waals surface area contributed by atoms with Crippen LogP contribution in [-0.2, 0) is 6.42 Å². The summed E-state index contributed by atoms with van der Waals surface area (Å²) in [6, 6.07) is 9.95. The van der Waals surface area contributed by atoms with Crippen LogP contribution in [0.2, 0.25) is 0 Å². The van der Waals surface area contributed by atoms with Gasteiger partial charge in [-0.15, -0.1) is 0 Å². The van der Waals surface area contributed by atoms with E-state index in [-0.39, 0.29) is 28.9 Å². The normalized spacial score (nSPS) is 22.3. The van der Waals surface area contributed by atoms with Crippen molar-refractivity contribution >= 4 is 17.6 Å². The van der Waals surface area contributed by atoms with Crippen LogP contribution in [0.5, 0.6) is 11.5 Å². The highest BCUT2D eigenvalue weighted by Crippen LogP contribution is 2.46. The Bertz CT molecular complexity index is 1210. The predicted octanol–water partition coefficient (Wildman–Crippen LogP) is 4.55. The second-order valence-electron chi connectivity index (χ2n) is 9.73. The van der Waals surface area contributed by atoms with Crippen LogP contribution in [0, 0.1) is 11.8 Å². The van der Waals surface area contributed by atoms with Crippen molar-refractivity contribution in [3.05, 3.63) is 70.8 Å². The molecule has 0 fully saturated rings. The van der Waals surface area contributed by atoms with Crippen LogP contribution in [0.15, 0.2) is 53.7 Å². The number of carbonyl (C=O) groups is 2. The first-order valence-electron chi connectivity index (χ1n) is 11.6. The second-order valence-corrected chi connectivity index (χ2v) is 9.73. The first-order chi connectivity index (χ1) is 16.3. The number of hydrogen-bond acceptors (Lipinski definition) is 5. The third kappa shape index (κ3) is 3.85. The number of hydrogen-bond donors (Lipinski definition) is 1.